The summed E-state index contributed by atoms with van der Waals surface area (Å²) in [5, 5.41) is 12.6. The highest BCUT2D eigenvalue weighted by atomic mass is 16.3. The molecule has 0 saturated heterocycles. The molecule has 0 aliphatic heterocycles. The van der Waals surface area contributed by atoms with Crippen LogP contribution in [0.15, 0.2) is 16.7 Å². The van der Waals surface area contributed by atoms with E-state index in [2.05, 4.69) is 5.32 Å². The van der Waals surface area contributed by atoms with Crippen LogP contribution >= 0.6 is 0 Å². The zero-order valence-corrected chi connectivity index (χ0v) is 10.7. The normalized spacial score (nSPS) is 12.8. The van der Waals surface area contributed by atoms with Crippen molar-refractivity contribution in [1.82, 2.24) is 5.32 Å². The van der Waals surface area contributed by atoms with Gasteiger partial charge in [0.2, 0.25) is 0 Å². The number of aryl methyl sites for hydroxylation is 1. The number of nitrogens with one attached hydrogen (secondary N) is 1. The molecule has 0 bridgehead atoms. The molecule has 96 valence electrons. The van der Waals surface area contributed by atoms with E-state index in [-0.39, 0.29) is 18.4 Å². The quantitative estimate of drug-likeness (QED) is 0.799. The summed E-state index contributed by atoms with van der Waals surface area (Å²) in [6.07, 6.45) is 2.77. The Bertz CT molecular complexity index is 355. The first-order chi connectivity index (χ1) is 8.08. The van der Waals surface area contributed by atoms with E-state index in [1.165, 1.54) is 6.26 Å². The van der Waals surface area contributed by atoms with Crippen LogP contribution in [0.25, 0.3) is 0 Å². The first-order valence-electron chi connectivity index (χ1n) is 6.09. The van der Waals surface area contributed by atoms with Gasteiger partial charge in [-0.15, -0.1) is 0 Å². The van der Waals surface area contributed by atoms with Crippen molar-refractivity contribution >= 4 is 5.91 Å². The van der Waals surface area contributed by atoms with Crippen molar-refractivity contribution in [3.05, 3.63) is 23.7 Å². The van der Waals surface area contributed by atoms with Gasteiger partial charge in [0.05, 0.1) is 11.7 Å². The summed E-state index contributed by atoms with van der Waals surface area (Å²) >= 11 is 0. The van der Waals surface area contributed by atoms with Gasteiger partial charge in [-0.05, 0) is 18.9 Å². The Kier molecular flexibility index (Phi) is 5.22. The van der Waals surface area contributed by atoms with Crippen molar-refractivity contribution in [2.75, 3.05) is 6.54 Å². The third-order valence-corrected chi connectivity index (χ3v) is 3.06. The summed E-state index contributed by atoms with van der Waals surface area (Å²) in [7, 11) is 0. The molecular formula is C13H21NO3. The molecule has 0 spiro atoms. The Morgan fingerprint density at radius 3 is 2.59 bits per heavy atom. The van der Waals surface area contributed by atoms with Crippen LogP contribution in [0, 0.1) is 12.8 Å². The lowest BCUT2D eigenvalue weighted by Gasteiger charge is -2.20. The Balaban J connectivity index is 2.43. The fourth-order valence-corrected chi connectivity index (χ4v) is 1.86. The average molecular weight is 239 g/mol. The topological polar surface area (TPSA) is 62.5 Å². The molecule has 1 unspecified atom stereocenters. The van der Waals surface area contributed by atoms with Crippen molar-refractivity contribution in [3.8, 4) is 0 Å². The van der Waals surface area contributed by atoms with Gasteiger partial charge in [-0.2, -0.15) is 0 Å². The lowest BCUT2D eigenvalue weighted by Crippen LogP contribution is -2.35. The first-order valence-corrected chi connectivity index (χ1v) is 6.09. The van der Waals surface area contributed by atoms with Gasteiger partial charge in [-0.1, -0.05) is 26.7 Å². The van der Waals surface area contributed by atoms with Crippen molar-refractivity contribution in [2.45, 2.75) is 39.7 Å². The average Bonchev–Trinajstić information content (AvgIpc) is 2.74. The maximum absolute atomic E-state index is 11.7. The summed E-state index contributed by atoms with van der Waals surface area (Å²) in [4.78, 5) is 11.7. The minimum absolute atomic E-state index is 0.202. The predicted octanol–water partition coefficient (Wildman–Crippen LogP) is 2.11. The number of aliphatic hydroxyl groups excluding tert-OH is 1. The SMILES string of the molecule is CCC(CC)C(O)CNC(=O)c1coc(C)c1. The molecule has 0 fully saturated rings. The van der Waals surface area contributed by atoms with Gasteiger partial charge >= 0.3 is 0 Å². The number of amides is 1. The van der Waals surface area contributed by atoms with Crippen LogP contribution in [0.5, 0.6) is 0 Å². The van der Waals surface area contributed by atoms with Crippen molar-refractivity contribution in [2.24, 2.45) is 5.92 Å². The minimum atomic E-state index is -0.484. The van der Waals surface area contributed by atoms with Crippen LogP contribution in [0.2, 0.25) is 0 Å². The largest absolute Gasteiger partial charge is 0.469 e. The molecule has 1 rings (SSSR count). The highest BCUT2D eigenvalue weighted by molar-refractivity contribution is 5.93. The standard InChI is InChI=1S/C13H21NO3/c1-4-10(5-2)12(15)7-14-13(16)11-6-9(3)17-8-11/h6,8,10,12,15H,4-5,7H2,1-3H3,(H,14,16). The molecule has 0 radical (unpaired) electrons. The number of furan rings is 1. The summed E-state index contributed by atoms with van der Waals surface area (Å²) < 4.78 is 5.06. The van der Waals surface area contributed by atoms with Gasteiger partial charge in [0.25, 0.3) is 5.91 Å². The van der Waals surface area contributed by atoms with E-state index in [1.807, 2.05) is 13.8 Å². The van der Waals surface area contributed by atoms with Crippen LogP contribution in [0.3, 0.4) is 0 Å². The number of hydrogen-bond donors (Lipinski definition) is 2. The van der Waals surface area contributed by atoms with E-state index in [0.29, 0.717) is 11.3 Å². The summed E-state index contributed by atoms with van der Waals surface area (Å²) in [6.45, 7) is 6.16. The smallest absolute Gasteiger partial charge is 0.254 e. The second kappa shape index (κ2) is 6.45. The van der Waals surface area contributed by atoms with Crippen molar-refractivity contribution < 1.29 is 14.3 Å². The van der Waals surface area contributed by atoms with E-state index in [0.717, 1.165) is 12.8 Å². The molecule has 2 N–H and O–H groups in total. The molecule has 0 aliphatic rings. The third-order valence-electron chi connectivity index (χ3n) is 3.06. The van der Waals surface area contributed by atoms with Crippen molar-refractivity contribution in [1.29, 1.82) is 0 Å². The molecule has 0 aliphatic carbocycles. The fraction of sp³-hybridized carbons (Fsp3) is 0.615. The summed E-state index contributed by atoms with van der Waals surface area (Å²) in [5.41, 5.74) is 0.499. The Morgan fingerprint density at radius 2 is 2.12 bits per heavy atom. The molecule has 4 heteroatoms. The summed E-state index contributed by atoms with van der Waals surface area (Å²) in [5.74, 6) is 0.740. The molecule has 0 saturated carbocycles. The highest BCUT2D eigenvalue weighted by Crippen LogP contribution is 2.12. The van der Waals surface area contributed by atoms with Crippen LogP contribution < -0.4 is 5.32 Å². The van der Waals surface area contributed by atoms with Gasteiger partial charge in [-0.25, -0.2) is 0 Å². The third kappa shape index (κ3) is 3.89. The number of aliphatic hydroxyl groups is 1. The fourth-order valence-electron chi connectivity index (χ4n) is 1.86. The minimum Gasteiger partial charge on any atom is -0.469 e. The van der Waals surface area contributed by atoms with E-state index < -0.39 is 6.10 Å². The lowest BCUT2D eigenvalue weighted by molar-refractivity contribution is 0.0816. The Morgan fingerprint density at radius 1 is 1.47 bits per heavy atom. The molecule has 1 aromatic heterocycles. The van der Waals surface area contributed by atoms with E-state index >= 15 is 0 Å². The van der Waals surface area contributed by atoms with E-state index in [1.54, 1.807) is 13.0 Å². The molecule has 0 aromatic carbocycles. The number of carbonyl (C=O) groups is 1. The van der Waals surface area contributed by atoms with E-state index in [4.69, 9.17) is 4.42 Å². The molecule has 1 amide bonds. The van der Waals surface area contributed by atoms with Gasteiger partial charge in [0, 0.05) is 6.54 Å². The van der Waals surface area contributed by atoms with Crippen LogP contribution in [0.1, 0.15) is 42.8 Å². The summed E-state index contributed by atoms with van der Waals surface area (Å²) in [6, 6.07) is 1.68. The Labute approximate surface area is 102 Å². The lowest BCUT2D eigenvalue weighted by atomic mass is 9.96. The highest BCUT2D eigenvalue weighted by Gasteiger charge is 2.17. The monoisotopic (exact) mass is 239 g/mol. The number of rotatable bonds is 6. The number of carbonyl (C=O) groups excluding carboxylic acids is 1. The van der Waals surface area contributed by atoms with E-state index in [9.17, 15) is 9.90 Å². The maximum Gasteiger partial charge on any atom is 0.254 e. The van der Waals surface area contributed by atoms with Crippen LogP contribution in [-0.4, -0.2) is 23.7 Å². The molecular weight excluding hydrogens is 218 g/mol. The van der Waals surface area contributed by atoms with Crippen LogP contribution in [0.4, 0.5) is 0 Å². The second-order valence-corrected chi connectivity index (χ2v) is 4.30. The predicted molar refractivity (Wildman–Crippen MR) is 65.9 cm³/mol. The number of hydrogen-bond acceptors (Lipinski definition) is 3. The molecule has 1 heterocycles. The van der Waals surface area contributed by atoms with Gasteiger partial charge in [0.1, 0.15) is 12.0 Å². The molecule has 4 nitrogen and oxygen atoms in total. The Hall–Kier alpha value is -1.29. The van der Waals surface area contributed by atoms with Gasteiger partial charge in [-0.3, -0.25) is 4.79 Å². The zero-order valence-electron chi connectivity index (χ0n) is 10.7. The zero-order chi connectivity index (χ0) is 12.8. The first kappa shape index (κ1) is 13.8. The second-order valence-electron chi connectivity index (χ2n) is 4.30. The maximum atomic E-state index is 11.7. The molecule has 17 heavy (non-hydrogen) atoms. The molecule has 1 aromatic rings. The van der Waals surface area contributed by atoms with Crippen LogP contribution in [-0.2, 0) is 0 Å². The molecule has 1 atom stereocenters. The van der Waals surface area contributed by atoms with Crippen molar-refractivity contribution in [3.63, 3.8) is 0 Å². The van der Waals surface area contributed by atoms with Gasteiger partial charge < -0.3 is 14.8 Å². The van der Waals surface area contributed by atoms with Gasteiger partial charge in [0.15, 0.2) is 0 Å².